The topological polar surface area (TPSA) is 38.3 Å². The standard InChI is InChI=1S/C14H20BrNO2S/c1-18-9-11(15)8-16-14(17)13-7-10-5-3-2-4-6-12(10)19-13/h7,11H,2-6,8-9H2,1H3,(H,16,17). The third kappa shape index (κ3) is 4.29. The van der Waals surface area contributed by atoms with Gasteiger partial charge in [0.1, 0.15) is 0 Å². The molecule has 19 heavy (non-hydrogen) atoms. The zero-order valence-corrected chi connectivity index (χ0v) is 13.6. The van der Waals surface area contributed by atoms with Crippen molar-refractivity contribution in [2.75, 3.05) is 20.3 Å². The fraction of sp³-hybridized carbons (Fsp3) is 0.643. The Morgan fingerprint density at radius 1 is 1.47 bits per heavy atom. The number of carbonyl (C=O) groups is 1. The fourth-order valence-corrected chi connectivity index (χ4v) is 3.91. The molecule has 106 valence electrons. The quantitative estimate of drug-likeness (QED) is 0.657. The lowest BCUT2D eigenvalue weighted by Crippen LogP contribution is -2.30. The van der Waals surface area contributed by atoms with E-state index in [9.17, 15) is 4.79 Å². The molecule has 1 atom stereocenters. The fourth-order valence-electron chi connectivity index (χ4n) is 2.31. The Labute approximate surface area is 126 Å². The number of halogens is 1. The second-order valence-electron chi connectivity index (χ2n) is 4.88. The first-order valence-electron chi connectivity index (χ1n) is 6.73. The van der Waals surface area contributed by atoms with E-state index in [2.05, 4.69) is 27.3 Å². The van der Waals surface area contributed by atoms with Crippen LogP contribution in [0.25, 0.3) is 0 Å². The smallest absolute Gasteiger partial charge is 0.261 e. The average molecular weight is 346 g/mol. The Hall–Kier alpha value is -0.390. The van der Waals surface area contributed by atoms with Crippen LogP contribution >= 0.6 is 27.3 Å². The number of nitrogens with one attached hydrogen (secondary N) is 1. The van der Waals surface area contributed by atoms with Gasteiger partial charge in [-0.3, -0.25) is 4.79 Å². The number of alkyl halides is 1. The molecule has 0 bridgehead atoms. The highest BCUT2D eigenvalue weighted by Crippen LogP contribution is 2.28. The van der Waals surface area contributed by atoms with Gasteiger partial charge in [0.25, 0.3) is 5.91 Å². The molecule has 0 aliphatic heterocycles. The van der Waals surface area contributed by atoms with E-state index in [1.54, 1.807) is 18.4 Å². The lowest BCUT2D eigenvalue weighted by atomic mass is 10.1. The number of methoxy groups -OCH3 is 1. The zero-order valence-electron chi connectivity index (χ0n) is 11.2. The van der Waals surface area contributed by atoms with Gasteiger partial charge in [0.15, 0.2) is 0 Å². The number of ether oxygens (including phenoxy) is 1. The summed E-state index contributed by atoms with van der Waals surface area (Å²) in [5.74, 6) is 0.0404. The van der Waals surface area contributed by atoms with Crippen LogP contribution in [0.4, 0.5) is 0 Å². The minimum atomic E-state index is 0.0404. The lowest BCUT2D eigenvalue weighted by molar-refractivity contribution is 0.0954. The normalized spacial score (nSPS) is 16.5. The number of aryl methyl sites for hydroxylation is 2. The first-order chi connectivity index (χ1) is 9.20. The van der Waals surface area contributed by atoms with Crippen LogP contribution in [0.5, 0.6) is 0 Å². The van der Waals surface area contributed by atoms with Gasteiger partial charge in [0.2, 0.25) is 0 Å². The third-order valence-electron chi connectivity index (χ3n) is 3.30. The molecule has 0 aromatic carbocycles. The molecule has 1 heterocycles. The Morgan fingerprint density at radius 3 is 3.05 bits per heavy atom. The highest BCUT2D eigenvalue weighted by Gasteiger charge is 2.16. The van der Waals surface area contributed by atoms with Gasteiger partial charge in [0.05, 0.1) is 16.3 Å². The summed E-state index contributed by atoms with van der Waals surface area (Å²) in [7, 11) is 1.66. The van der Waals surface area contributed by atoms with Crippen LogP contribution in [0.1, 0.15) is 39.4 Å². The maximum absolute atomic E-state index is 12.1. The number of rotatable bonds is 5. The van der Waals surface area contributed by atoms with Gasteiger partial charge >= 0.3 is 0 Å². The molecule has 1 unspecified atom stereocenters. The van der Waals surface area contributed by atoms with Gasteiger partial charge in [-0.25, -0.2) is 0 Å². The van der Waals surface area contributed by atoms with Crippen molar-refractivity contribution in [2.45, 2.75) is 36.9 Å². The summed E-state index contributed by atoms with van der Waals surface area (Å²) in [6.45, 7) is 1.19. The summed E-state index contributed by atoms with van der Waals surface area (Å²) in [5, 5.41) is 2.95. The van der Waals surface area contributed by atoms with E-state index in [0.29, 0.717) is 13.2 Å². The molecule has 1 aromatic heterocycles. The van der Waals surface area contributed by atoms with E-state index >= 15 is 0 Å². The van der Waals surface area contributed by atoms with E-state index in [1.807, 2.05) is 0 Å². The lowest BCUT2D eigenvalue weighted by Gasteiger charge is -2.09. The van der Waals surface area contributed by atoms with Crippen molar-refractivity contribution in [3.8, 4) is 0 Å². The maximum atomic E-state index is 12.1. The minimum Gasteiger partial charge on any atom is -0.383 e. The molecule has 1 aliphatic carbocycles. The number of hydrogen-bond acceptors (Lipinski definition) is 3. The van der Waals surface area contributed by atoms with E-state index in [-0.39, 0.29) is 10.7 Å². The SMILES string of the molecule is COCC(Br)CNC(=O)c1cc2c(s1)CCCCC2. The molecular formula is C14H20BrNO2S. The van der Waals surface area contributed by atoms with Crippen molar-refractivity contribution in [3.05, 3.63) is 21.4 Å². The maximum Gasteiger partial charge on any atom is 0.261 e. The molecule has 1 aromatic rings. The van der Waals surface area contributed by atoms with Crippen LogP contribution in [0.3, 0.4) is 0 Å². The van der Waals surface area contributed by atoms with Crippen LogP contribution in [0, 0.1) is 0 Å². The molecule has 1 aliphatic rings. The molecule has 0 fully saturated rings. The van der Waals surface area contributed by atoms with Crippen LogP contribution in [0.15, 0.2) is 6.07 Å². The zero-order chi connectivity index (χ0) is 13.7. The predicted molar refractivity (Wildman–Crippen MR) is 82.5 cm³/mol. The van der Waals surface area contributed by atoms with E-state index < -0.39 is 0 Å². The molecule has 0 saturated heterocycles. The summed E-state index contributed by atoms with van der Waals surface area (Å²) in [4.78, 5) is 14.5. The Bertz CT molecular complexity index is 410. The Balaban J connectivity index is 1.92. The van der Waals surface area contributed by atoms with Gasteiger partial charge in [0, 0.05) is 18.5 Å². The van der Waals surface area contributed by atoms with Crippen LogP contribution in [-0.2, 0) is 17.6 Å². The van der Waals surface area contributed by atoms with E-state index in [0.717, 1.165) is 17.7 Å². The second-order valence-corrected chi connectivity index (χ2v) is 7.31. The van der Waals surface area contributed by atoms with Gasteiger partial charge < -0.3 is 10.1 Å². The van der Waals surface area contributed by atoms with Crippen LogP contribution in [0.2, 0.25) is 0 Å². The molecule has 2 rings (SSSR count). The summed E-state index contributed by atoms with van der Waals surface area (Å²) in [6.07, 6.45) is 6.08. The van der Waals surface area contributed by atoms with Gasteiger partial charge in [-0.15, -0.1) is 11.3 Å². The number of amides is 1. The monoisotopic (exact) mass is 345 g/mol. The van der Waals surface area contributed by atoms with Crippen molar-refractivity contribution in [1.82, 2.24) is 5.32 Å². The van der Waals surface area contributed by atoms with Gasteiger partial charge in [-0.1, -0.05) is 22.4 Å². The summed E-state index contributed by atoms with van der Waals surface area (Å²) in [6, 6.07) is 2.08. The first-order valence-corrected chi connectivity index (χ1v) is 8.46. The number of hydrogen-bond donors (Lipinski definition) is 1. The molecule has 3 nitrogen and oxygen atoms in total. The third-order valence-corrected chi connectivity index (χ3v) is 5.13. The van der Waals surface area contributed by atoms with Crippen molar-refractivity contribution in [2.24, 2.45) is 0 Å². The van der Waals surface area contributed by atoms with Gasteiger partial charge in [-0.05, 0) is 37.3 Å². The Kier molecular flexibility index (Phi) is 5.85. The summed E-state index contributed by atoms with van der Waals surface area (Å²) >= 11 is 5.13. The minimum absolute atomic E-state index is 0.0404. The average Bonchev–Trinajstić information content (AvgIpc) is 2.68. The van der Waals surface area contributed by atoms with Crippen LogP contribution < -0.4 is 5.32 Å². The molecule has 0 spiro atoms. The molecule has 0 saturated carbocycles. The number of carbonyl (C=O) groups excluding carboxylic acids is 1. The second kappa shape index (κ2) is 7.41. The summed E-state index contributed by atoms with van der Waals surface area (Å²) in [5.41, 5.74) is 1.39. The predicted octanol–water partition coefficient (Wildman–Crippen LogP) is 3.16. The number of thiophene rings is 1. The molecule has 5 heteroatoms. The van der Waals surface area contributed by atoms with Crippen molar-refractivity contribution in [3.63, 3.8) is 0 Å². The van der Waals surface area contributed by atoms with Crippen molar-refractivity contribution in [1.29, 1.82) is 0 Å². The largest absolute Gasteiger partial charge is 0.383 e. The molecule has 1 N–H and O–H groups in total. The van der Waals surface area contributed by atoms with E-state index in [4.69, 9.17) is 4.74 Å². The molecule has 1 amide bonds. The summed E-state index contributed by atoms with van der Waals surface area (Å²) < 4.78 is 5.03. The first kappa shape index (κ1) is 15.0. The Morgan fingerprint density at radius 2 is 2.26 bits per heavy atom. The van der Waals surface area contributed by atoms with Crippen molar-refractivity contribution < 1.29 is 9.53 Å². The van der Waals surface area contributed by atoms with E-state index in [1.165, 1.54) is 29.7 Å². The molecule has 0 radical (unpaired) electrons. The van der Waals surface area contributed by atoms with Crippen LogP contribution in [-0.4, -0.2) is 31.0 Å². The van der Waals surface area contributed by atoms with Gasteiger partial charge in [-0.2, -0.15) is 0 Å². The molecular weight excluding hydrogens is 326 g/mol. The highest BCUT2D eigenvalue weighted by atomic mass is 79.9. The highest BCUT2D eigenvalue weighted by molar-refractivity contribution is 9.09. The van der Waals surface area contributed by atoms with Crippen molar-refractivity contribution >= 4 is 33.2 Å². The number of fused-ring (bicyclic) bond motifs is 1.